The van der Waals surface area contributed by atoms with Crippen LogP contribution in [0.1, 0.15) is 45.6 Å². The molecule has 0 saturated heterocycles. The van der Waals surface area contributed by atoms with Gasteiger partial charge in [-0.2, -0.15) is 0 Å². The Kier molecular flexibility index (Phi) is 4.02. The van der Waals surface area contributed by atoms with Crippen LogP contribution in [-0.2, 0) is 0 Å². The first kappa shape index (κ1) is 14.4. The number of aromatic hydroxyl groups is 1. The van der Waals surface area contributed by atoms with E-state index in [1.807, 2.05) is 6.92 Å². The van der Waals surface area contributed by atoms with Crippen LogP contribution in [0.2, 0.25) is 0 Å². The standard InChI is InChI=1S/C16H21NO3/c1-11(2)5-4-8-16(3)10-14(17-19)13-7-6-12(18)9-15(13)20-16/h5-7,9,18-19H,4,8,10H2,1-3H3/b17-14+. The first-order valence-corrected chi connectivity index (χ1v) is 6.80. The molecule has 1 atom stereocenters. The van der Waals surface area contributed by atoms with Gasteiger partial charge in [0.05, 0.1) is 5.71 Å². The van der Waals surface area contributed by atoms with Gasteiger partial charge in [0.25, 0.3) is 0 Å². The molecular formula is C16H21NO3. The number of nitrogens with zero attached hydrogens (tertiary/aromatic N) is 1. The van der Waals surface area contributed by atoms with E-state index in [-0.39, 0.29) is 5.75 Å². The maximum absolute atomic E-state index is 9.57. The molecule has 2 N–H and O–H groups in total. The molecule has 0 aromatic heterocycles. The van der Waals surface area contributed by atoms with Crippen LogP contribution in [0.15, 0.2) is 35.0 Å². The highest BCUT2D eigenvalue weighted by Crippen LogP contribution is 2.37. The molecule has 0 bridgehead atoms. The zero-order valence-electron chi connectivity index (χ0n) is 12.2. The Balaban J connectivity index is 2.26. The van der Waals surface area contributed by atoms with Crippen LogP contribution < -0.4 is 4.74 Å². The second-order valence-electron chi connectivity index (χ2n) is 5.78. The normalized spacial score (nSPS) is 23.1. The molecule has 0 fully saturated rings. The van der Waals surface area contributed by atoms with Crippen molar-refractivity contribution < 1.29 is 15.1 Å². The lowest BCUT2D eigenvalue weighted by atomic mass is 9.87. The minimum atomic E-state index is -0.422. The Morgan fingerprint density at radius 1 is 1.45 bits per heavy atom. The molecule has 2 rings (SSSR count). The largest absolute Gasteiger partial charge is 0.508 e. The average Bonchev–Trinajstić information content (AvgIpc) is 2.36. The minimum absolute atomic E-state index is 0.148. The molecule has 20 heavy (non-hydrogen) atoms. The van der Waals surface area contributed by atoms with Gasteiger partial charge >= 0.3 is 0 Å². The molecule has 0 aliphatic carbocycles. The summed E-state index contributed by atoms with van der Waals surface area (Å²) in [6.45, 7) is 6.14. The highest BCUT2D eigenvalue weighted by molar-refractivity contribution is 6.04. The molecule has 0 amide bonds. The predicted molar refractivity (Wildman–Crippen MR) is 78.7 cm³/mol. The minimum Gasteiger partial charge on any atom is -0.508 e. The molecule has 1 aromatic carbocycles. The van der Waals surface area contributed by atoms with Gasteiger partial charge in [0.15, 0.2) is 0 Å². The summed E-state index contributed by atoms with van der Waals surface area (Å²) in [4.78, 5) is 0. The number of ether oxygens (including phenoxy) is 1. The molecule has 1 unspecified atom stereocenters. The number of phenolic OH excluding ortho intramolecular Hbond substituents is 1. The summed E-state index contributed by atoms with van der Waals surface area (Å²) in [6, 6.07) is 4.85. The van der Waals surface area contributed by atoms with E-state index in [0.717, 1.165) is 18.4 Å². The zero-order valence-corrected chi connectivity index (χ0v) is 12.2. The van der Waals surface area contributed by atoms with Crippen LogP contribution >= 0.6 is 0 Å². The van der Waals surface area contributed by atoms with Gasteiger partial charge in [0.1, 0.15) is 17.1 Å². The zero-order chi connectivity index (χ0) is 14.8. The van der Waals surface area contributed by atoms with Gasteiger partial charge in [0.2, 0.25) is 0 Å². The fourth-order valence-electron chi connectivity index (χ4n) is 2.48. The van der Waals surface area contributed by atoms with Crippen LogP contribution in [0.5, 0.6) is 11.5 Å². The van der Waals surface area contributed by atoms with E-state index in [9.17, 15) is 10.3 Å². The lowest BCUT2D eigenvalue weighted by Gasteiger charge is -2.36. The van der Waals surface area contributed by atoms with E-state index in [2.05, 4.69) is 25.1 Å². The summed E-state index contributed by atoms with van der Waals surface area (Å²) >= 11 is 0. The van der Waals surface area contributed by atoms with Gasteiger partial charge in [-0.25, -0.2) is 0 Å². The summed E-state index contributed by atoms with van der Waals surface area (Å²) in [7, 11) is 0. The van der Waals surface area contributed by atoms with Crippen LogP contribution in [0.4, 0.5) is 0 Å². The second kappa shape index (κ2) is 5.57. The molecule has 0 spiro atoms. The molecule has 0 saturated carbocycles. The van der Waals surface area contributed by atoms with E-state index in [4.69, 9.17) is 4.74 Å². The topological polar surface area (TPSA) is 62.1 Å². The quantitative estimate of drug-likeness (QED) is 0.500. The van der Waals surface area contributed by atoms with E-state index in [0.29, 0.717) is 17.9 Å². The van der Waals surface area contributed by atoms with Crippen molar-refractivity contribution in [3.63, 3.8) is 0 Å². The third-order valence-corrected chi connectivity index (χ3v) is 3.52. The molecule has 108 valence electrons. The fourth-order valence-corrected chi connectivity index (χ4v) is 2.48. The second-order valence-corrected chi connectivity index (χ2v) is 5.78. The Hall–Kier alpha value is -1.97. The van der Waals surface area contributed by atoms with Crippen molar-refractivity contribution >= 4 is 5.71 Å². The number of hydrogen-bond acceptors (Lipinski definition) is 4. The lowest BCUT2D eigenvalue weighted by molar-refractivity contribution is 0.0803. The van der Waals surface area contributed by atoms with Crippen LogP contribution in [-0.4, -0.2) is 21.6 Å². The van der Waals surface area contributed by atoms with E-state index in [1.165, 1.54) is 5.57 Å². The maximum Gasteiger partial charge on any atom is 0.133 e. The van der Waals surface area contributed by atoms with Crippen molar-refractivity contribution in [1.29, 1.82) is 0 Å². The first-order chi connectivity index (χ1) is 9.43. The van der Waals surface area contributed by atoms with E-state index in [1.54, 1.807) is 18.2 Å². The van der Waals surface area contributed by atoms with Crippen molar-refractivity contribution in [2.45, 2.75) is 45.6 Å². The number of oxime groups is 1. The molecule has 1 heterocycles. The summed E-state index contributed by atoms with van der Waals surface area (Å²) in [5.74, 6) is 0.721. The summed E-state index contributed by atoms with van der Waals surface area (Å²) in [6.07, 6.45) is 4.46. The molecular weight excluding hydrogens is 254 g/mol. The number of rotatable bonds is 3. The summed E-state index contributed by atoms with van der Waals surface area (Å²) in [5.41, 5.74) is 2.20. The summed E-state index contributed by atoms with van der Waals surface area (Å²) in [5, 5.41) is 22.2. The lowest BCUT2D eigenvalue weighted by Crippen LogP contribution is -2.39. The first-order valence-electron chi connectivity index (χ1n) is 6.80. The Morgan fingerprint density at radius 3 is 2.85 bits per heavy atom. The van der Waals surface area contributed by atoms with E-state index < -0.39 is 5.60 Å². The van der Waals surface area contributed by atoms with Crippen LogP contribution in [0, 0.1) is 0 Å². The van der Waals surface area contributed by atoms with Crippen molar-refractivity contribution in [3.05, 3.63) is 35.4 Å². The maximum atomic E-state index is 9.57. The third kappa shape index (κ3) is 3.13. The van der Waals surface area contributed by atoms with Gasteiger partial charge in [-0.15, -0.1) is 0 Å². The highest BCUT2D eigenvalue weighted by atomic mass is 16.5. The van der Waals surface area contributed by atoms with Gasteiger partial charge in [0, 0.05) is 18.1 Å². The molecule has 4 nitrogen and oxygen atoms in total. The van der Waals surface area contributed by atoms with Crippen molar-refractivity contribution in [2.24, 2.45) is 5.16 Å². The van der Waals surface area contributed by atoms with Crippen molar-refractivity contribution in [1.82, 2.24) is 0 Å². The molecule has 1 aromatic rings. The molecule has 1 aliphatic rings. The van der Waals surface area contributed by atoms with Crippen LogP contribution in [0.3, 0.4) is 0 Å². The molecule has 1 aliphatic heterocycles. The smallest absolute Gasteiger partial charge is 0.133 e. The fraction of sp³-hybridized carbons (Fsp3) is 0.438. The number of hydrogen-bond donors (Lipinski definition) is 2. The SMILES string of the molecule is CC(C)=CCCC1(C)C/C(=N\O)c2ccc(O)cc2O1. The Labute approximate surface area is 119 Å². The number of benzene rings is 1. The number of fused-ring (bicyclic) bond motifs is 1. The van der Waals surface area contributed by atoms with Gasteiger partial charge in [-0.1, -0.05) is 16.8 Å². The number of allylic oxidation sites excluding steroid dienone is 2. The van der Waals surface area contributed by atoms with Gasteiger partial charge in [-0.05, 0) is 45.7 Å². The summed E-state index contributed by atoms with van der Waals surface area (Å²) < 4.78 is 6.03. The Bertz CT molecular complexity index is 559. The average molecular weight is 275 g/mol. The van der Waals surface area contributed by atoms with Crippen molar-refractivity contribution in [3.8, 4) is 11.5 Å². The van der Waals surface area contributed by atoms with Crippen LogP contribution in [0.25, 0.3) is 0 Å². The molecule has 0 radical (unpaired) electrons. The Morgan fingerprint density at radius 2 is 2.20 bits per heavy atom. The predicted octanol–water partition coefficient (Wildman–Crippen LogP) is 3.86. The molecule has 4 heteroatoms. The van der Waals surface area contributed by atoms with Crippen molar-refractivity contribution in [2.75, 3.05) is 0 Å². The monoisotopic (exact) mass is 275 g/mol. The van der Waals surface area contributed by atoms with Gasteiger partial charge < -0.3 is 15.1 Å². The third-order valence-electron chi connectivity index (χ3n) is 3.52. The van der Waals surface area contributed by atoms with E-state index >= 15 is 0 Å². The highest BCUT2D eigenvalue weighted by Gasteiger charge is 2.35. The number of phenols is 1. The van der Waals surface area contributed by atoms with Gasteiger partial charge in [-0.3, -0.25) is 0 Å².